The summed E-state index contributed by atoms with van der Waals surface area (Å²) in [5.74, 6) is -0.975. The summed E-state index contributed by atoms with van der Waals surface area (Å²) in [7, 11) is -2.55. The van der Waals surface area contributed by atoms with Crippen LogP contribution < -0.4 is 5.32 Å². The summed E-state index contributed by atoms with van der Waals surface area (Å²) in [6.07, 6.45) is 0. The van der Waals surface area contributed by atoms with Crippen LogP contribution in [0.2, 0.25) is 0 Å². The smallest absolute Gasteiger partial charge is 0.243 e. The second kappa shape index (κ2) is 7.11. The third-order valence-corrected chi connectivity index (χ3v) is 5.21. The van der Waals surface area contributed by atoms with E-state index < -0.39 is 21.7 Å². The van der Waals surface area contributed by atoms with Gasteiger partial charge in [0.25, 0.3) is 0 Å². The molecule has 0 heterocycles. The van der Waals surface area contributed by atoms with Crippen LogP contribution in [0.5, 0.6) is 0 Å². The van der Waals surface area contributed by atoms with E-state index >= 15 is 0 Å². The fourth-order valence-electron chi connectivity index (χ4n) is 2.32. The Kier molecular flexibility index (Phi) is 5.36. The number of nitrogens with zero attached hydrogens (tertiary/aromatic N) is 1. The van der Waals surface area contributed by atoms with E-state index in [9.17, 15) is 17.6 Å². The number of aryl methyl sites for hydroxylation is 2. The van der Waals surface area contributed by atoms with Crippen LogP contribution in [0.25, 0.3) is 0 Å². The molecule has 2 aromatic carbocycles. The maximum atomic E-state index is 12.9. The first-order valence-corrected chi connectivity index (χ1v) is 8.72. The minimum absolute atomic E-state index is 0.0643. The lowest BCUT2D eigenvalue weighted by atomic mass is 10.1. The number of hydrogen-bond acceptors (Lipinski definition) is 3. The molecule has 0 saturated carbocycles. The molecule has 128 valence electrons. The molecule has 0 aliphatic carbocycles. The molecule has 24 heavy (non-hydrogen) atoms. The van der Waals surface area contributed by atoms with Crippen LogP contribution in [0.15, 0.2) is 47.4 Å². The van der Waals surface area contributed by atoms with Gasteiger partial charge in [0.05, 0.1) is 11.4 Å². The summed E-state index contributed by atoms with van der Waals surface area (Å²) in [5, 5.41) is 2.68. The largest absolute Gasteiger partial charge is 0.325 e. The molecule has 0 aliphatic heterocycles. The van der Waals surface area contributed by atoms with Gasteiger partial charge in [0.1, 0.15) is 5.82 Å². The van der Waals surface area contributed by atoms with Crippen molar-refractivity contribution in [2.45, 2.75) is 18.7 Å². The summed E-state index contributed by atoms with van der Waals surface area (Å²) in [4.78, 5) is 12.0. The predicted molar refractivity (Wildman–Crippen MR) is 90.8 cm³/mol. The van der Waals surface area contributed by atoms with E-state index in [-0.39, 0.29) is 11.4 Å². The third kappa shape index (κ3) is 4.39. The molecule has 0 radical (unpaired) electrons. The maximum Gasteiger partial charge on any atom is 0.243 e. The summed E-state index contributed by atoms with van der Waals surface area (Å²) in [6, 6.07) is 10.1. The van der Waals surface area contributed by atoms with Crippen LogP contribution in [0.3, 0.4) is 0 Å². The van der Waals surface area contributed by atoms with Gasteiger partial charge in [-0.05, 0) is 61.4 Å². The summed E-state index contributed by atoms with van der Waals surface area (Å²) in [6.45, 7) is 3.48. The number of likely N-dealkylation sites (N-methyl/N-ethyl adjacent to an activating group) is 1. The van der Waals surface area contributed by atoms with Gasteiger partial charge in [-0.2, -0.15) is 4.31 Å². The highest BCUT2D eigenvalue weighted by atomic mass is 32.2. The van der Waals surface area contributed by atoms with Crippen LogP contribution in [-0.4, -0.2) is 32.2 Å². The summed E-state index contributed by atoms with van der Waals surface area (Å²) < 4.78 is 38.6. The SMILES string of the molecule is Cc1cc(C)cc(NC(=O)CN(C)S(=O)(=O)c2ccc(F)cc2)c1. The molecule has 5 nitrogen and oxygen atoms in total. The summed E-state index contributed by atoms with van der Waals surface area (Å²) in [5.41, 5.74) is 2.61. The number of sulfonamides is 1. The summed E-state index contributed by atoms with van der Waals surface area (Å²) >= 11 is 0. The van der Waals surface area contributed by atoms with Crippen molar-refractivity contribution in [3.8, 4) is 0 Å². The molecule has 0 bridgehead atoms. The number of carbonyl (C=O) groups excluding carboxylic acids is 1. The van der Waals surface area contributed by atoms with Crippen LogP contribution >= 0.6 is 0 Å². The van der Waals surface area contributed by atoms with Gasteiger partial charge >= 0.3 is 0 Å². The quantitative estimate of drug-likeness (QED) is 0.902. The highest BCUT2D eigenvalue weighted by Crippen LogP contribution is 2.16. The third-order valence-electron chi connectivity index (χ3n) is 3.39. The van der Waals surface area contributed by atoms with Crippen molar-refractivity contribution in [3.05, 3.63) is 59.4 Å². The van der Waals surface area contributed by atoms with Crippen molar-refractivity contribution in [1.82, 2.24) is 4.31 Å². The zero-order chi connectivity index (χ0) is 17.9. The fraction of sp³-hybridized carbons (Fsp3) is 0.235. The van der Waals surface area contributed by atoms with Crippen molar-refractivity contribution < 1.29 is 17.6 Å². The van der Waals surface area contributed by atoms with Crippen LogP contribution in [0.1, 0.15) is 11.1 Å². The molecule has 7 heteroatoms. The lowest BCUT2D eigenvalue weighted by molar-refractivity contribution is -0.116. The number of nitrogens with one attached hydrogen (secondary N) is 1. The van der Waals surface area contributed by atoms with E-state index in [1.54, 1.807) is 12.1 Å². The molecule has 0 aliphatic rings. The Morgan fingerprint density at radius 1 is 1.08 bits per heavy atom. The molecule has 2 aromatic rings. The van der Waals surface area contributed by atoms with E-state index in [0.717, 1.165) is 27.6 Å². The molecule has 2 rings (SSSR count). The van der Waals surface area contributed by atoms with Gasteiger partial charge in [0, 0.05) is 12.7 Å². The molecular formula is C17H19FN2O3S. The number of carbonyl (C=O) groups is 1. The van der Waals surface area contributed by atoms with Crippen molar-refractivity contribution in [2.24, 2.45) is 0 Å². The number of rotatable bonds is 5. The number of halogens is 1. The van der Waals surface area contributed by atoms with E-state index in [1.165, 1.54) is 19.2 Å². The average molecular weight is 350 g/mol. The number of anilines is 1. The van der Waals surface area contributed by atoms with Crippen LogP contribution in [0, 0.1) is 19.7 Å². The van der Waals surface area contributed by atoms with Crippen LogP contribution in [0.4, 0.5) is 10.1 Å². The lowest BCUT2D eigenvalue weighted by Gasteiger charge is -2.17. The van der Waals surface area contributed by atoms with E-state index in [2.05, 4.69) is 5.32 Å². The first kappa shape index (κ1) is 18.1. The van der Waals surface area contributed by atoms with Crippen molar-refractivity contribution >= 4 is 21.6 Å². The highest BCUT2D eigenvalue weighted by Gasteiger charge is 2.23. The molecule has 0 saturated heterocycles. The lowest BCUT2D eigenvalue weighted by Crippen LogP contribution is -2.35. The fourth-order valence-corrected chi connectivity index (χ4v) is 3.45. The van der Waals surface area contributed by atoms with Gasteiger partial charge < -0.3 is 5.32 Å². The molecule has 0 atom stereocenters. The zero-order valence-electron chi connectivity index (χ0n) is 13.7. The van der Waals surface area contributed by atoms with Gasteiger partial charge in [-0.3, -0.25) is 4.79 Å². The first-order valence-electron chi connectivity index (χ1n) is 7.28. The Labute approximate surface area is 141 Å². The molecule has 1 N–H and O–H groups in total. The topological polar surface area (TPSA) is 66.5 Å². The second-order valence-electron chi connectivity index (χ2n) is 5.64. The Morgan fingerprint density at radius 2 is 1.62 bits per heavy atom. The minimum atomic E-state index is -3.85. The normalized spacial score (nSPS) is 11.5. The standard InChI is InChI=1S/C17H19FN2O3S/c1-12-8-13(2)10-15(9-12)19-17(21)11-20(3)24(22,23)16-6-4-14(18)5-7-16/h4-10H,11H2,1-3H3,(H,19,21). The van der Waals surface area contributed by atoms with Gasteiger partial charge in [0.15, 0.2) is 0 Å². The van der Waals surface area contributed by atoms with Gasteiger partial charge in [0.2, 0.25) is 15.9 Å². The Morgan fingerprint density at radius 3 is 2.17 bits per heavy atom. The van der Waals surface area contributed by atoms with E-state index in [4.69, 9.17) is 0 Å². The maximum absolute atomic E-state index is 12.9. The highest BCUT2D eigenvalue weighted by molar-refractivity contribution is 7.89. The Balaban J connectivity index is 2.09. The number of amides is 1. The van der Waals surface area contributed by atoms with Gasteiger partial charge in [-0.1, -0.05) is 6.07 Å². The van der Waals surface area contributed by atoms with Crippen molar-refractivity contribution in [3.63, 3.8) is 0 Å². The second-order valence-corrected chi connectivity index (χ2v) is 7.68. The number of benzene rings is 2. The Bertz CT molecular complexity index is 828. The number of hydrogen-bond donors (Lipinski definition) is 1. The molecule has 0 fully saturated rings. The average Bonchev–Trinajstić information content (AvgIpc) is 2.46. The molecule has 0 spiro atoms. The zero-order valence-corrected chi connectivity index (χ0v) is 14.5. The Hall–Kier alpha value is -2.25. The van der Waals surface area contributed by atoms with Crippen LogP contribution in [-0.2, 0) is 14.8 Å². The van der Waals surface area contributed by atoms with Gasteiger partial charge in [-0.25, -0.2) is 12.8 Å². The molecular weight excluding hydrogens is 331 g/mol. The monoisotopic (exact) mass is 350 g/mol. The van der Waals surface area contributed by atoms with Crippen molar-refractivity contribution in [2.75, 3.05) is 18.9 Å². The predicted octanol–water partition coefficient (Wildman–Crippen LogP) is 2.70. The van der Waals surface area contributed by atoms with Crippen molar-refractivity contribution in [1.29, 1.82) is 0 Å². The minimum Gasteiger partial charge on any atom is -0.325 e. The van der Waals surface area contributed by atoms with E-state index in [0.29, 0.717) is 5.69 Å². The van der Waals surface area contributed by atoms with Gasteiger partial charge in [-0.15, -0.1) is 0 Å². The van der Waals surface area contributed by atoms with E-state index in [1.807, 2.05) is 19.9 Å². The molecule has 1 amide bonds. The molecule has 0 unspecified atom stereocenters. The first-order chi connectivity index (χ1) is 11.2. The molecule has 0 aromatic heterocycles.